The molecule has 0 aliphatic carbocycles. The summed E-state index contributed by atoms with van der Waals surface area (Å²) in [6, 6.07) is 10.3. The van der Waals surface area contributed by atoms with E-state index in [0.717, 1.165) is 12.0 Å². The number of ether oxygens (including phenoxy) is 2. The summed E-state index contributed by atoms with van der Waals surface area (Å²) in [7, 11) is 3.18. The second kappa shape index (κ2) is 11.1. The van der Waals surface area contributed by atoms with Gasteiger partial charge in [-0.2, -0.15) is 0 Å². The molecule has 2 amide bonds. The monoisotopic (exact) mass is 492 g/mol. The standard InChI is InChI=1S/C25H30Cl2N2O4/c1-15(2)9-10-28-24(30)21-14-29(25(31)18-7-5-16(26)11-22(18)27)13-20(21)19-12-17(32-3)6-8-23(19)33-4/h5-8,11-12,15,20-21H,9-10,13-14H2,1-4H3,(H,28,30)/t20-,21+/m0/s1. The zero-order valence-electron chi connectivity index (χ0n) is 19.4. The Bertz CT molecular complexity index is 1010. The third kappa shape index (κ3) is 5.92. The van der Waals surface area contributed by atoms with Crippen molar-refractivity contribution >= 4 is 35.0 Å². The molecule has 33 heavy (non-hydrogen) atoms. The van der Waals surface area contributed by atoms with Crippen LogP contribution in [0.2, 0.25) is 10.0 Å². The van der Waals surface area contributed by atoms with Gasteiger partial charge in [0.25, 0.3) is 5.91 Å². The Labute approximate surface area is 205 Å². The molecule has 1 aliphatic rings. The predicted molar refractivity (Wildman–Crippen MR) is 131 cm³/mol. The number of nitrogens with one attached hydrogen (secondary N) is 1. The van der Waals surface area contributed by atoms with Crippen LogP contribution in [0.15, 0.2) is 36.4 Å². The molecule has 0 radical (unpaired) electrons. The van der Waals surface area contributed by atoms with Crippen LogP contribution in [0.4, 0.5) is 0 Å². The van der Waals surface area contributed by atoms with Gasteiger partial charge in [0.05, 0.1) is 30.7 Å². The molecule has 1 fully saturated rings. The van der Waals surface area contributed by atoms with E-state index in [4.69, 9.17) is 32.7 Å². The average molecular weight is 493 g/mol. The van der Waals surface area contributed by atoms with Crippen molar-refractivity contribution in [2.45, 2.75) is 26.2 Å². The number of likely N-dealkylation sites (tertiary alicyclic amines) is 1. The molecular formula is C25H30Cl2N2O4. The highest BCUT2D eigenvalue weighted by molar-refractivity contribution is 6.36. The highest BCUT2D eigenvalue weighted by Crippen LogP contribution is 2.40. The van der Waals surface area contributed by atoms with Crippen molar-refractivity contribution in [1.82, 2.24) is 10.2 Å². The van der Waals surface area contributed by atoms with E-state index in [2.05, 4.69) is 19.2 Å². The number of carbonyl (C=O) groups is 2. The van der Waals surface area contributed by atoms with Crippen LogP contribution in [-0.2, 0) is 4.79 Å². The van der Waals surface area contributed by atoms with Crippen LogP contribution in [0.5, 0.6) is 11.5 Å². The zero-order chi connectivity index (χ0) is 24.1. The van der Waals surface area contributed by atoms with Gasteiger partial charge in [0.2, 0.25) is 5.91 Å². The summed E-state index contributed by atoms with van der Waals surface area (Å²) in [4.78, 5) is 28.2. The minimum absolute atomic E-state index is 0.0805. The molecule has 1 saturated heterocycles. The summed E-state index contributed by atoms with van der Waals surface area (Å²) >= 11 is 12.3. The average Bonchev–Trinajstić information content (AvgIpc) is 3.23. The van der Waals surface area contributed by atoms with Crippen LogP contribution in [-0.4, -0.2) is 50.6 Å². The van der Waals surface area contributed by atoms with Gasteiger partial charge in [0.15, 0.2) is 0 Å². The first-order chi connectivity index (χ1) is 15.7. The Hall–Kier alpha value is -2.44. The van der Waals surface area contributed by atoms with Gasteiger partial charge in [-0.1, -0.05) is 37.0 Å². The fourth-order valence-electron chi connectivity index (χ4n) is 4.13. The van der Waals surface area contributed by atoms with Crippen LogP contribution in [0.3, 0.4) is 0 Å². The maximum absolute atomic E-state index is 13.3. The summed E-state index contributed by atoms with van der Waals surface area (Å²) in [5.41, 5.74) is 1.19. The van der Waals surface area contributed by atoms with Crippen molar-refractivity contribution < 1.29 is 19.1 Å². The third-order valence-corrected chi connectivity index (χ3v) is 6.51. The number of nitrogens with zero attached hydrogens (tertiary/aromatic N) is 1. The molecule has 1 heterocycles. The van der Waals surface area contributed by atoms with Gasteiger partial charge in [0.1, 0.15) is 11.5 Å². The topological polar surface area (TPSA) is 67.9 Å². The summed E-state index contributed by atoms with van der Waals surface area (Å²) < 4.78 is 11.0. The second-order valence-corrected chi connectivity index (χ2v) is 9.47. The van der Waals surface area contributed by atoms with Crippen molar-refractivity contribution in [2.75, 3.05) is 33.9 Å². The van der Waals surface area contributed by atoms with Crippen molar-refractivity contribution in [3.63, 3.8) is 0 Å². The molecule has 0 spiro atoms. The maximum atomic E-state index is 13.3. The first-order valence-electron chi connectivity index (χ1n) is 11.0. The van der Waals surface area contributed by atoms with Crippen molar-refractivity contribution in [3.8, 4) is 11.5 Å². The number of hydrogen-bond donors (Lipinski definition) is 1. The number of benzene rings is 2. The van der Waals surface area contributed by atoms with Crippen molar-refractivity contribution in [3.05, 3.63) is 57.6 Å². The molecule has 8 heteroatoms. The normalized spacial score (nSPS) is 17.8. The third-order valence-electron chi connectivity index (χ3n) is 5.96. The molecule has 1 aliphatic heterocycles. The highest BCUT2D eigenvalue weighted by atomic mass is 35.5. The fraction of sp³-hybridized carbons (Fsp3) is 0.440. The van der Waals surface area contributed by atoms with Gasteiger partial charge in [-0.3, -0.25) is 9.59 Å². The Morgan fingerprint density at radius 1 is 1.09 bits per heavy atom. The Morgan fingerprint density at radius 3 is 2.48 bits per heavy atom. The summed E-state index contributed by atoms with van der Waals surface area (Å²) in [6.45, 7) is 5.44. The predicted octanol–water partition coefficient (Wildman–Crippen LogP) is 5.03. The van der Waals surface area contributed by atoms with E-state index in [-0.39, 0.29) is 29.3 Å². The summed E-state index contributed by atoms with van der Waals surface area (Å²) in [5, 5.41) is 3.79. The summed E-state index contributed by atoms with van der Waals surface area (Å²) in [6.07, 6.45) is 0.884. The smallest absolute Gasteiger partial charge is 0.255 e. The van der Waals surface area contributed by atoms with E-state index < -0.39 is 5.92 Å². The number of rotatable bonds is 8. The van der Waals surface area contributed by atoms with Crippen LogP contribution < -0.4 is 14.8 Å². The Morgan fingerprint density at radius 2 is 1.85 bits per heavy atom. The van der Waals surface area contributed by atoms with Crippen molar-refractivity contribution in [2.24, 2.45) is 11.8 Å². The molecule has 2 aromatic rings. The van der Waals surface area contributed by atoms with E-state index in [1.165, 1.54) is 0 Å². The quantitative estimate of drug-likeness (QED) is 0.560. The largest absolute Gasteiger partial charge is 0.497 e. The van der Waals surface area contributed by atoms with Crippen LogP contribution in [0, 0.1) is 11.8 Å². The number of halogens is 2. The molecular weight excluding hydrogens is 463 g/mol. The van der Waals surface area contributed by atoms with Gasteiger partial charge in [-0.15, -0.1) is 0 Å². The highest BCUT2D eigenvalue weighted by Gasteiger charge is 2.42. The van der Waals surface area contributed by atoms with E-state index in [1.807, 2.05) is 18.2 Å². The Kier molecular flexibility index (Phi) is 8.49. The van der Waals surface area contributed by atoms with Crippen LogP contribution >= 0.6 is 23.2 Å². The molecule has 3 rings (SSSR count). The SMILES string of the molecule is COc1ccc(OC)c([C@@H]2CN(C(=O)c3ccc(Cl)cc3Cl)C[C@H]2C(=O)NCCC(C)C)c1. The molecule has 6 nitrogen and oxygen atoms in total. The molecule has 178 valence electrons. The van der Waals surface area contributed by atoms with E-state index >= 15 is 0 Å². The van der Waals surface area contributed by atoms with Gasteiger partial charge >= 0.3 is 0 Å². The minimum atomic E-state index is -0.437. The minimum Gasteiger partial charge on any atom is -0.497 e. The lowest BCUT2D eigenvalue weighted by atomic mass is 9.87. The molecule has 2 atom stereocenters. The van der Waals surface area contributed by atoms with E-state index in [9.17, 15) is 9.59 Å². The zero-order valence-corrected chi connectivity index (χ0v) is 20.9. The molecule has 1 N–H and O–H groups in total. The molecule has 0 unspecified atom stereocenters. The number of hydrogen-bond acceptors (Lipinski definition) is 4. The van der Waals surface area contributed by atoms with Gasteiger partial charge in [-0.25, -0.2) is 0 Å². The van der Waals surface area contributed by atoms with Gasteiger partial charge < -0.3 is 19.7 Å². The lowest BCUT2D eigenvalue weighted by Gasteiger charge is -2.21. The van der Waals surface area contributed by atoms with Crippen molar-refractivity contribution in [1.29, 1.82) is 0 Å². The first kappa shape index (κ1) is 25.2. The van der Waals surface area contributed by atoms with Crippen LogP contribution in [0.25, 0.3) is 0 Å². The van der Waals surface area contributed by atoms with Gasteiger partial charge in [0, 0.05) is 36.1 Å². The van der Waals surface area contributed by atoms with Gasteiger partial charge in [-0.05, 0) is 48.7 Å². The number of methoxy groups -OCH3 is 2. The second-order valence-electron chi connectivity index (χ2n) is 8.63. The molecule has 0 bridgehead atoms. The molecule has 0 saturated carbocycles. The lowest BCUT2D eigenvalue weighted by molar-refractivity contribution is -0.124. The number of carbonyl (C=O) groups excluding carboxylic acids is 2. The Balaban J connectivity index is 1.93. The van der Waals surface area contributed by atoms with Crippen LogP contribution in [0.1, 0.15) is 42.1 Å². The summed E-state index contributed by atoms with van der Waals surface area (Å²) in [5.74, 6) is 0.782. The fourth-order valence-corrected chi connectivity index (χ4v) is 4.62. The van der Waals surface area contributed by atoms with E-state index in [0.29, 0.717) is 41.1 Å². The lowest BCUT2D eigenvalue weighted by Crippen LogP contribution is -2.36. The number of amides is 2. The van der Waals surface area contributed by atoms with E-state index in [1.54, 1.807) is 37.3 Å². The first-order valence-corrected chi connectivity index (χ1v) is 11.7. The maximum Gasteiger partial charge on any atom is 0.255 e. The molecule has 0 aromatic heterocycles. The molecule has 2 aromatic carbocycles.